The topological polar surface area (TPSA) is 57.6 Å². The molecular weight excluding hydrogens is 374 g/mol. The minimum Gasteiger partial charge on any atom is -0.481 e. The fourth-order valence-corrected chi connectivity index (χ4v) is 4.59. The van der Waals surface area contributed by atoms with E-state index in [1.54, 1.807) is 16.7 Å². The number of halogens is 1. The molecule has 2 rings (SSSR count). The fourth-order valence-electron chi connectivity index (χ4n) is 2.14. The van der Waals surface area contributed by atoms with Crippen molar-refractivity contribution in [3.05, 3.63) is 28.7 Å². The number of carbonyl (C=O) groups is 2. The average Bonchev–Trinajstić information content (AvgIpc) is 2.45. The fraction of sp³-hybridized carbons (Fsp3) is 0.429. The lowest BCUT2D eigenvalue weighted by Crippen LogP contribution is -2.47. The summed E-state index contributed by atoms with van der Waals surface area (Å²) >= 11 is 6.60. The molecule has 1 atom stereocenters. The molecule has 1 aliphatic heterocycles. The van der Waals surface area contributed by atoms with Gasteiger partial charge in [0.05, 0.1) is 18.2 Å². The third-order valence-electron chi connectivity index (χ3n) is 3.12. The zero-order valence-corrected chi connectivity index (χ0v) is 14.5. The van der Waals surface area contributed by atoms with Crippen molar-refractivity contribution in [1.29, 1.82) is 0 Å². The second-order valence-corrected chi connectivity index (χ2v) is 7.77. The van der Waals surface area contributed by atoms with Gasteiger partial charge in [0.25, 0.3) is 0 Å². The first-order chi connectivity index (χ1) is 10.1. The van der Waals surface area contributed by atoms with Gasteiger partial charge in [-0.15, -0.1) is 11.8 Å². The molecule has 1 unspecified atom stereocenters. The van der Waals surface area contributed by atoms with E-state index in [0.29, 0.717) is 18.1 Å². The molecule has 1 saturated heterocycles. The van der Waals surface area contributed by atoms with Crippen LogP contribution in [-0.2, 0) is 9.59 Å². The highest BCUT2D eigenvalue weighted by Gasteiger charge is 2.28. The van der Waals surface area contributed by atoms with Crippen molar-refractivity contribution in [3.63, 3.8) is 0 Å². The lowest BCUT2D eigenvalue weighted by atomic mass is 10.2. The van der Waals surface area contributed by atoms with Crippen LogP contribution in [0.4, 0.5) is 0 Å². The Hall–Kier alpha value is -0.660. The number of thioether (sulfide) groups is 2. The normalized spacial score (nSPS) is 18.5. The van der Waals surface area contributed by atoms with Crippen molar-refractivity contribution in [1.82, 2.24) is 4.90 Å². The molecule has 0 aromatic heterocycles. The van der Waals surface area contributed by atoms with E-state index in [9.17, 15) is 9.59 Å². The van der Waals surface area contributed by atoms with E-state index in [1.165, 1.54) is 11.8 Å². The Morgan fingerprint density at radius 2 is 2.29 bits per heavy atom. The van der Waals surface area contributed by atoms with Crippen molar-refractivity contribution in [2.24, 2.45) is 0 Å². The van der Waals surface area contributed by atoms with Crippen LogP contribution in [0.1, 0.15) is 6.42 Å². The Kier molecular flexibility index (Phi) is 6.44. The Bertz CT molecular complexity index is 527. The van der Waals surface area contributed by atoms with Gasteiger partial charge in [0.15, 0.2) is 0 Å². The van der Waals surface area contributed by atoms with Gasteiger partial charge in [0.1, 0.15) is 0 Å². The first-order valence-electron chi connectivity index (χ1n) is 6.53. The number of amides is 1. The first kappa shape index (κ1) is 16.7. The quantitative estimate of drug-likeness (QED) is 0.784. The lowest BCUT2D eigenvalue weighted by Gasteiger charge is -2.34. The van der Waals surface area contributed by atoms with Gasteiger partial charge >= 0.3 is 5.97 Å². The standard InChI is InChI=1S/C14H16BrNO3S2/c15-10-2-1-3-12(6-10)21-9-13(17)16-4-5-20-8-11(16)7-14(18)19/h1-3,6,11H,4-5,7-9H2,(H,18,19). The van der Waals surface area contributed by atoms with Crippen LogP contribution >= 0.6 is 39.5 Å². The van der Waals surface area contributed by atoms with Crippen LogP contribution in [0, 0.1) is 0 Å². The number of rotatable bonds is 5. The van der Waals surface area contributed by atoms with E-state index >= 15 is 0 Å². The summed E-state index contributed by atoms with van der Waals surface area (Å²) in [6.07, 6.45) is 0.0281. The molecule has 1 N–H and O–H groups in total. The van der Waals surface area contributed by atoms with Gasteiger partial charge in [-0.05, 0) is 18.2 Å². The molecule has 1 fully saturated rings. The van der Waals surface area contributed by atoms with Gasteiger partial charge in [-0.1, -0.05) is 22.0 Å². The molecule has 0 spiro atoms. The molecule has 1 heterocycles. The number of hydrogen-bond acceptors (Lipinski definition) is 4. The lowest BCUT2D eigenvalue weighted by molar-refractivity contribution is -0.139. The van der Waals surface area contributed by atoms with Gasteiger partial charge in [-0.2, -0.15) is 11.8 Å². The summed E-state index contributed by atoms with van der Waals surface area (Å²) in [6.45, 7) is 0.639. The molecule has 1 aromatic rings. The zero-order chi connectivity index (χ0) is 15.2. The molecule has 7 heteroatoms. The van der Waals surface area contributed by atoms with E-state index < -0.39 is 5.97 Å². The Morgan fingerprint density at radius 1 is 1.48 bits per heavy atom. The van der Waals surface area contributed by atoms with Crippen molar-refractivity contribution in [3.8, 4) is 0 Å². The second kappa shape index (κ2) is 8.10. The Morgan fingerprint density at radius 3 is 3.00 bits per heavy atom. The molecule has 4 nitrogen and oxygen atoms in total. The number of carboxylic acid groups (broad SMARTS) is 1. The summed E-state index contributed by atoms with van der Waals surface area (Å²) in [5, 5.41) is 8.95. The van der Waals surface area contributed by atoms with Crippen LogP contribution in [-0.4, -0.2) is 51.7 Å². The largest absolute Gasteiger partial charge is 0.481 e. The molecule has 1 aliphatic rings. The summed E-state index contributed by atoms with van der Waals surface area (Å²) < 4.78 is 0.984. The Balaban J connectivity index is 1.92. The van der Waals surface area contributed by atoms with Crippen LogP contribution < -0.4 is 0 Å². The number of carboxylic acids is 1. The van der Waals surface area contributed by atoms with Gasteiger partial charge in [0.2, 0.25) is 5.91 Å². The highest BCUT2D eigenvalue weighted by Crippen LogP contribution is 2.24. The minimum absolute atomic E-state index is 0.0199. The number of aliphatic carboxylic acids is 1. The van der Waals surface area contributed by atoms with E-state index in [2.05, 4.69) is 15.9 Å². The highest BCUT2D eigenvalue weighted by molar-refractivity contribution is 9.10. The number of carbonyl (C=O) groups excluding carboxylic acids is 1. The molecule has 21 heavy (non-hydrogen) atoms. The van der Waals surface area contributed by atoms with Crippen LogP contribution in [0.5, 0.6) is 0 Å². The maximum absolute atomic E-state index is 12.3. The van der Waals surface area contributed by atoms with Gasteiger partial charge < -0.3 is 10.0 Å². The van der Waals surface area contributed by atoms with Crippen molar-refractivity contribution >= 4 is 51.3 Å². The molecular formula is C14H16BrNO3S2. The Labute approximate surface area is 140 Å². The van der Waals surface area contributed by atoms with Crippen LogP contribution in [0.2, 0.25) is 0 Å². The number of hydrogen-bond donors (Lipinski definition) is 1. The summed E-state index contributed by atoms with van der Waals surface area (Å²) in [5.41, 5.74) is 0. The molecule has 0 aliphatic carbocycles. The van der Waals surface area contributed by atoms with Crippen molar-refractivity contribution < 1.29 is 14.7 Å². The predicted octanol–water partition coefficient (Wildman–Crippen LogP) is 2.96. The van der Waals surface area contributed by atoms with Crippen LogP contribution in [0.15, 0.2) is 33.6 Å². The van der Waals surface area contributed by atoms with Crippen LogP contribution in [0.3, 0.4) is 0 Å². The average molecular weight is 390 g/mol. The number of nitrogens with zero attached hydrogens (tertiary/aromatic N) is 1. The predicted molar refractivity (Wildman–Crippen MR) is 89.9 cm³/mol. The minimum atomic E-state index is -0.847. The first-order valence-corrected chi connectivity index (χ1v) is 9.47. The molecule has 1 aromatic carbocycles. The third kappa shape index (κ3) is 5.23. The van der Waals surface area contributed by atoms with Crippen molar-refractivity contribution in [2.75, 3.05) is 23.8 Å². The van der Waals surface area contributed by atoms with Crippen LogP contribution in [0.25, 0.3) is 0 Å². The zero-order valence-electron chi connectivity index (χ0n) is 11.3. The van der Waals surface area contributed by atoms with E-state index in [0.717, 1.165) is 15.1 Å². The summed E-state index contributed by atoms with van der Waals surface area (Å²) in [4.78, 5) is 26.0. The maximum Gasteiger partial charge on any atom is 0.305 e. The molecule has 0 radical (unpaired) electrons. The van der Waals surface area contributed by atoms with Gasteiger partial charge in [-0.25, -0.2) is 0 Å². The molecule has 0 saturated carbocycles. The summed E-state index contributed by atoms with van der Waals surface area (Å²) in [5.74, 6) is 1.10. The smallest absolute Gasteiger partial charge is 0.305 e. The monoisotopic (exact) mass is 389 g/mol. The third-order valence-corrected chi connectivity index (χ3v) is 5.68. The summed E-state index contributed by atoms with van der Waals surface area (Å²) in [7, 11) is 0. The maximum atomic E-state index is 12.3. The SMILES string of the molecule is O=C(O)CC1CSCCN1C(=O)CSc1cccc(Br)c1. The second-order valence-electron chi connectivity index (χ2n) is 4.66. The summed E-state index contributed by atoms with van der Waals surface area (Å²) in [6, 6.07) is 7.62. The van der Waals surface area contributed by atoms with Crippen molar-refractivity contribution in [2.45, 2.75) is 17.4 Å². The molecule has 1 amide bonds. The van der Waals surface area contributed by atoms with Gasteiger partial charge in [0, 0.05) is 27.4 Å². The highest BCUT2D eigenvalue weighted by atomic mass is 79.9. The van der Waals surface area contributed by atoms with E-state index in [4.69, 9.17) is 5.11 Å². The van der Waals surface area contributed by atoms with E-state index in [-0.39, 0.29) is 18.4 Å². The van der Waals surface area contributed by atoms with Gasteiger partial charge in [-0.3, -0.25) is 9.59 Å². The number of benzene rings is 1. The van der Waals surface area contributed by atoms with E-state index in [1.807, 2.05) is 24.3 Å². The molecule has 114 valence electrons. The molecule has 0 bridgehead atoms.